The van der Waals surface area contributed by atoms with Gasteiger partial charge in [-0.2, -0.15) is 0 Å². The Hall–Kier alpha value is -1.45. The van der Waals surface area contributed by atoms with Crippen LogP contribution in [0.25, 0.3) is 0 Å². The van der Waals surface area contributed by atoms with Gasteiger partial charge in [-0.15, -0.1) is 0 Å². The van der Waals surface area contributed by atoms with Crippen molar-refractivity contribution in [3.8, 4) is 0 Å². The van der Waals surface area contributed by atoms with Crippen LogP contribution in [0.2, 0.25) is 0 Å². The molecule has 0 fully saturated rings. The van der Waals surface area contributed by atoms with Gasteiger partial charge >= 0.3 is 5.97 Å². The number of aldehydes is 1. The van der Waals surface area contributed by atoms with Crippen LogP contribution in [0.4, 0.5) is 0 Å². The van der Waals surface area contributed by atoms with E-state index in [1.54, 1.807) is 0 Å². The van der Waals surface area contributed by atoms with Crippen LogP contribution in [-0.2, 0) is 19.1 Å². The van der Waals surface area contributed by atoms with E-state index in [1.165, 1.54) is 13.0 Å². The number of hydrogen-bond donors (Lipinski definition) is 0. The number of carbonyl (C=O) groups is 3. The third kappa shape index (κ3) is 1.78. The first-order valence-corrected chi connectivity index (χ1v) is 3.50. The van der Waals surface area contributed by atoms with E-state index in [-0.39, 0.29) is 17.8 Å². The summed E-state index contributed by atoms with van der Waals surface area (Å²) in [6.45, 7) is 1.24. The minimum Gasteiger partial charge on any atom is -0.457 e. The number of hydrogen-bond acceptors (Lipinski definition) is 4. The van der Waals surface area contributed by atoms with Gasteiger partial charge in [0.05, 0.1) is 6.42 Å². The van der Waals surface area contributed by atoms with Crippen molar-refractivity contribution in [1.29, 1.82) is 0 Å². The number of carbonyl (C=O) groups excluding carboxylic acids is 3. The van der Waals surface area contributed by atoms with E-state index in [0.29, 0.717) is 6.29 Å². The molecular weight excluding hydrogens is 160 g/mol. The Labute approximate surface area is 69.2 Å². The lowest BCUT2D eigenvalue weighted by Crippen LogP contribution is -2.17. The van der Waals surface area contributed by atoms with Crippen LogP contribution < -0.4 is 0 Å². The molecule has 1 aliphatic rings. The summed E-state index contributed by atoms with van der Waals surface area (Å²) < 4.78 is 4.73. The van der Waals surface area contributed by atoms with Crippen molar-refractivity contribution >= 4 is 18.0 Å². The zero-order chi connectivity index (χ0) is 9.14. The van der Waals surface area contributed by atoms with Gasteiger partial charge in [0.1, 0.15) is 12.4 Å². The lowest BCUT2D eigenvalue weighted by atomic mass is 10.2. The molecule has 0 N–H and O–H groups in total. The average molecular weight is 168 g/mol. The molecule has 1 unspecified atom stereocenters. The lowest BCUT2D eigenvalue weighted by Gasteiger charge is -2.09. The molecule has 12 heavy (non-hydrogen) atoms. The first-order chi connectivity index (χ1) is 5.63. The largest absolute Gasteiger partial charge is 0.457 e. The quantitative estimate of drug-likeness (QED) is 0.430. The predicted molar refractivity (Wildman–Crippen MR) is 39.3 cm³/mol. The highest BCUT2D eigenvalue weighted by Gasteiger charge is 2.26. The van der Waals surface area contributed by atoms with Crippen LogP contribution in [0.5, 0.6) is 0 Å². The van der Waals surface area contributed by atoms with Crippen molar-refractivity contribution in [3.63, 3.8) is 0 Å². The van der Waals surface area contributed by atoms with Gasteiger partial charge in [-0.05, 0) is 6.08 Å². The summed E-state index contributed by atoms with van der Waals surface area (Å²) in [7, 11) is 0. The molecule has 0 aromatic heterocycles. The van der Waals surface area contributed by atoms with Gasteiger partial charge in [0.25, 0.3) is 0 Å². The second-order valence-corrected chi connectivity index (χ2v) is 2.53. The SMILES string of the molecule is CC(=O)OC1CC(=O)C=C1C=O. The zero-order valence-electron chi connectivity index (χ0n) is 6.57. The highest BCUT2D eigenvalue weighted by molar-refractivity contribution is 6.00. The van der Waals surface area contributed by atoms with E-state index in [0.717, 1.165) is 0 Å². The molecule has 64 valence electrons. The molecule has 0 aromatic rings. The average Bonchev–Trinajstić information content (AvgIpc) is 2.29. The predicted octanol–water partition coefficient (Wildman–Crippen LogP) is 0.0162. The maximum Gasteiger partial charge on any atom is 0.303 e. The van der Waals surface area contributed by atoms with Crippen molar-refractivity contribution in [2.45, 2.75) is 19.4 Å². The van der Waals surface area contributed by atoms with Gasteiger partial charge in [-0.25, -0.2) is 0 Å². The second kappa shape index (κ2) is 3.30. The van der Waals surface area contributed by atoms with E-state index >= 15 is 0 Å². The van der Waals surface area contributed by atoms with Crippen LogP contribution in [0.15, 0.2) is 11.6 Å². The normalized spacial score (nSPS) is 21.9. The fourth-order valence-electron chi connectivity index (χ4n) is 1.06. The van der Waals surface area contributed by atoms with Crippen molar-refractivity contribution < 1.29 is 19.1 Å². The fourth-order valence-corrected chi connectivity index (χ4v) is 1.06. The molecule has 0 radical (unpaired) electrons. The van der Waals surface area contributed by atoms with Crippen molar-refractivity contribution in [2.24, 2.45) is 0 Å². The number of ether oxygens (including phenoxy) is 1. The Morgan fingerprint density at radius 3 is 2.92 bits per heavy atom. The monoisotopic (exact) mass is 168 g/mol. The minimum atomic E-state index is -0.660. The zero-order valence-corrected chi connectivity index (χ0v) is 6.57. The summed E-state index contributed by atoms with van der Waals surface area (Å²) in [4.78, 5) is 31.6. The molecule has 0 spiro atoms. The Balaban J connectivity index is 2.68. The van der Waals surface area contributed by atoms with Crippen LogP contribution in [0, 0.1) is 0 Å². The maximum absolute atomic E-state index is 10.8. The number of ketones is 1. The van der Waals surface area contributed by atoms with Crippen LogP contribution in [0.1, 0.15) is 13.3 Å². The molecule has 4 heteroatoms. The molecule has 1 atom stereocenters. The van der Waals surface area contributed by atoms with Gasteiger partial charge in [0, 0.05) is 12.5 Å². The lowest BCUT2D eigenvalue weighted by molar-refractivity contribution is -0.144. The summed E-state index contributed by atoms with van der Waals surface area (Å²) in [5.41, 5.74) is 0.246. The molecule has 1 aliphatic carbocycles. The Kier molecular flexibility index (Phi) is 2.38. The molecule has 0 saturated carbocycles. The fraction of sp³-hybridized carbons (Fsp3) is 0.375. The molecule has 0 bridgehead atoms. The first kappa shape index (κ1) is 8.64. The van der Waals surface area contributed by atoms with Crippen molar-refractivity contribution in [1.82, 2.24) is 0 Å². The van der Waals surface area contributed by atoms with E-state index < -0.39 is 12.1 Å². The molecule has 1 rings (SSSR count). The molecule has 0 amide bonds. The second-order valence-electron chi connectivity index (χ2n) is 2.53. The van der Waals surface area contributed by atoms with E-state index in [9.17, 15) is 14.4 Å². The molecule has 0 aromatic carbocycles. The Morgan fingerprint density at radius 1 is 1.75 bits per heavy atom. The van der Waals surface area contributed by atoms with Gasteiger partial charge in [0.2, 0.25) is 0 Å². The topological polar surface area (TPSA) is 60.4 Å². The third-order valence-corrected chi connectivity index (χ3v) is 1.53. The third-order valence-electron chi connectivity index (χ3n) is 1.53. The van der Waals surface area contributed by atoms with Gasteiger partial charge in [-0.1, -0.05) is 0 Å². The van der Waals surface area contributed by atoms with E-state index in [2.05, 4.69) is 0 Å². The first-order valence-electron chi connectivity index (χ1n) is 3.50. The highest BCUT2D eigenvalue weighted by atomic mass is 16.5. The van der Waals surface area contributed by atoms with Crippen molar-refractivity contribution in [3.05, 3.63) is 11.6 Å². The van der Waals surface area contributed by atoms with Gasteiger partial charge < -0.3 is 4.74 Å². The minimum absolute atomic E-state index is 0.0909. The van der Waals surface area contributed by atoms with E-state index in [4.69, 9.17) is 4.74 Å². The molecular formula is C8H8O4. The summed E-state index contributed by atoms with van der Waals surface area (Å²) >= 11 is 0. The van der Waals surface area contributed by atoms with Crippen LogP contribution in [-0.4, -0.2) is 24.1 Å². The van der Waals surface area contributed by atoms with E-state index in [1.807, 2.05) is 0 Å². The molecule has 4 nitrogen and oxygen atoms in total. The Bertz CT molecular complexity index is 264. The standard InChI is InChI=1S/C8H8O4/c1-5(10)12-8-3-7(11)2-6(8)4-9/h2,4,8H,3H2,1H3. The highest BCUT2D eigenvalue weighted by Crippen LogP contribution is 2.17. The summed E-state index contributed by atoms with van der Waals surface area (Å²) in [5, 5.41) is 0. The summed E-state index contributed by atoms with van der Waals surface area (Å²) in [6, 6.07) is 0. The van der Waals surface area contributed by atoms with Crippen LogP contribution >= 0.6 is 0 Å². The molecule has 0 aliphatic heterocycles. The van der Waals surface area contributed by atoms with Crippen molar-refractivity contribution in [2.75, 3.05) is 0 Å². The smallest absolute Gasteiger partial charge is 0.303 e. The molecule has 0 heterocycles. The van der Waals surface area contributed by atoms with Crippen LogP contribution in [0.3, 0.4) is 0 Å². The maximum atomic E-state index is 10.8. The Morgan fingerprint density at radius 2 is 2.42 bits per heavy atom. The van der Waals surface area contributed by atoms with Gasteiger partial charge in [0.15, 0.2) is 5.78 Å². The number of rotatable bonds is 2. The van der Waals surface area contributed by atoms with Gasteiger partial charge in [-0.3, -0.25) is 14.4 Å². The number of allylic oxidation sites excluding steroid dienone is 1. The number of esters is 1. The molecule has 0 saturated heterocycles. The summed E-state index contributed by atoms with van der Waals surface area (Å²) in [5.74, 6) is -0.661. The summed E-state index contributed by atoms with van der Waals surface area (Å²) in [6.07, 6.45) is 1.18.